The third kappa shape index (κ3) is 3.18. The molecule has 0 spiro atoms. The molecule has 0 radical (unpaired) electrons. The van der Waals surface area contributed by atoms with Crippen LogP contribution in [0.15, 0.2) is 12.1 Å². The SMILES string of the molecule is CNCC1CCN(CCc2ccc3c(c2C)COC3=O)CC1. The van der Waals surface area contributed by atoms with Gasteiger partial charge in [-0.05, 0) is 76.0 Å². The number of carbonyl (C=O) groups excluding carboxylic acids is 1. The van der Waals surface area contributed by atoms with Crippen molar-refractivity contribution in [2.24, 2.45) is 5.92 Å². The van der Waals surface area contributed by atoms with Crippen molar-refractivity contribution >= 4 is 5.97 Å². The standard InChI is InChI=1S/C18H26N2O2/c1-13-15(3-4-16-17(13)12-22-18(16)21)7-10-20-8-5-14(6-9-20)11-19-2/h3-4,14,19H,5-12H2,1-2H3. The van der Waals surface area contributed by atoms with E-state index in [0.717, 1.165) is 36.6 Å². The number of esters is 1. The molecule has 0 aromatic heterocycles. The zero-order valence-corrected chi connectivity index (χ0v) is 13.7. The Morgan fingerprint density at radius 1 is 1.32 bits per heavy atom. The number of carbonyl (C=O) groups is 1. The van der Waals surface area contributed by atoms with Crippen molar-refractivity contribution in [1.82, 2.24) is 10.2 Å². The van der Waals surface area contributed by atoms with E-state index >= 15 is 0 Å². The normalized spacial score (nSPS) is 19.3. The second-order valence-corrected chi connectivity index (χ2v) is 6.54. The van der Waals surface area contributed by atoms with Gasteiger partial charge in [-0.25, -0.2) is 4.79 Å². The summed E-state index contributed by atoms with van der Waals surface area (Å²) >= 11 is 0. The van der Waals surface area contributed by atoms with Gasteiger partial charge in [0.05, 0.1) is 5.56 Å². The molecule has 22 heavy (non-hydrogen) atoms. The Bertz CT molecular complexity index is 548. The maximum absolute atomic E-state index is 11.6. The molecule has 1 fully saturated rings. The number of rotatable bonds is 5. The van der Waals surface area contributed by atoms with Crippen LogP contribution in [0.1, 0.15) is 39.9 Å². The second-order valence-electron chi connectivity index (χ2n) is 6.54. The molecule has 2 aliphatic rings. The summed E-state index contributed by atoms with van der Waals surface area (Å²) in [5.41, 5.74) is 4.45. The van der Waals surface area contributed by atoms with Gasteiger partial charge in [-0.15, -0.1) is 0 Å². The molecular formula is C18H26N2O2. The summed E-state index contributed by atoms with van der Waals surface area (Å²) < 4.78 is 5.13. The molecule has 1 N–H and O–H groups in total. The van der Waals surface area contributed by atoms with Gasteiger partial charge in [0.1, 0.15) is 6.61 Å². The van der Waals surface area contributed by atoms with Gasteiger partial charge in [-0.3, -0.25) is 0 Å². The van der Waals surface area contributed by atoms with Crippen LogP contribution in [-0.4, -0.2) is 44.1 Å². The van der Waals surface area contributed by atoms with Crippen LogP contribution in [0.25, 0.3) is 0 Å². The molecule has 0 atom stereocenters. The first-order valence-electron chi connectivity index (χ1n) is 8.34. The molecular weight excluding hydrogens is 276 g/mol. The molecule has 2 aliphatic heterocycles. The molecule has 0 amide bonds. The van der Waals surface area contributed by atoms with E-state index in [1.807, 2.05) is 13.1 Å². The van der Waals surface area contributed by atoms with Crippen molar-refractivity contribution < 1.29 is 9.53 Å². The molecule has 0 bridgehead atoms. The largest absolute Gasteiger partial charge is 0.457 e. The smallest absolute Gasteiger partial charge is 0.338 e. The highest BCUT2D eigenvalue weighted by atomic mass is 16.5. The minimum atomic E-state index is -0.170. The lowest BCUT2D eigenvalue weighted by Gasteiger charge is -2.32. The number of fused-ring (bicyclic) bond motifs is 1. The van der Waals surface area contributed by atoms with Gasteiger partial charge in [0.2, 0.25) is 0 Å². The van der Waals surface area contributed by atoms with Crippen LogP contribution in [0.5, 0.6) is 0 Å². The van der Waals surface area contributed by atoms with E-state index in [-0.39, 0.29) is 5.97 Å². The van der Waals surface area contributed by atoms with Gasteiger partial charge in [-0.2, -0.15) is 0 Å². The van der Waals surface area contributed by atoms with Crippen molar-refractivity contribution in [2.45, 2.75) is 32.8 Å². The number of likely N-dealkylation sites (tertiary alicyclic amines) is 1. The first-order valence-corrected chi connectivity index (χ1v) is 8.34. The lowest BCUT2D eigenvalue weighted by Crippen LogP contribution is -2.37. The third-order valence-corrected chi connectivity index (χ3v) is 5.18. The molecule has 3 rings (SSSR count). The summed E-state index contributed by atoms with van der Waals surface area (Å²) in [7, 11) is 2.04. The molecule has 1 aromatic rings. The maximum Gasteiger partial charge on any atom is 0.338 e. The Kier molecular flexibility index (Phi) is 4.79. The lowest BCUT2D eigenvalue weighted by atomic mass is 9.95. The van der Waals surface area contributed by atoms with Crippen LogP contribution in [0, 0.1) is 12.8 Å². The van der Waals surface area contributed by atoms with Crippen molar-refractivity contribution in [1.29, 1.82) is 0 Å². The van der Waals surface area contributed by atoms with Crippen LogP contribution in [0.3, 0.4) is 0 Å². The van der Waals surface area contributed by atoms with Crippen LogP contribution in [0.2, 0.25) is 0 Å². The number of nitrogens with zero attached hydrogens (tertiary/aromatic N) is 1. The predicted molar refractivity (Wildman–Crippen MR) is 87.1 cm³/mol. The summed E-state index contributed by atoms with van der Waals surface area (Å²) in [6, 6.07) is 4.04. The van der Waals surface area contributed by atoms with E-state index in [4.69, 9.17) is 4.74 Å². The van der Waals surface area contributed by atoms with Gasteiger partial charge in [-0.1, -0.05) is 6.07 Å². The Morgan fingerprint density at radius 2 is 2.09 bits per heavy atom. The number of cyclic esters (lactones) is 1. The van der Waals surface area contributed by atoms with E-state index in [1.165, 1.54) is 37.1 Å². The Hall–Kier alpha value is -1.39. The van der Waals surface area contributed by atoms with Crippen LogP contribution >= 0.6 is 0 Å². The highest BCUT2D eigenvalue weighted by Crippen LogP contribution is 2.26. The highest BCUT2D eigenvalue weighted by molar-refractivity contribution is 5.93. The number of hydrogen-bond donors (Lipinski definition) is 1. The van der Waals surface area contributed by atoms with E-state index in [2.05, 4.69) is 23.2 Å². The fourth-order valence-corrected chi connectivity index (χ4v) is 3.65. The number of hydrogen-bond acceptors (Lipinski definition) is 4. The molecule has 1 saturated heterocycles. The summed E-state index contributed by atoms with van der Waals surface area (Å²) in [5.74, 6) is 0.669. The lowest BCUT2D eigenvalue weighted by molar-refractivity contribution is 0.0535. The minimum Gasteiger partial charge on any atom is -0.457 e. The zero-order valence-electron chi connectivity index (χ0n) is 13.7. The number of ether oxygens (including phenoxy) is 1. The number of benzene rings is 1. The van der Waals surface area contributed by atoms with E-state index in [0.29, 0.717) is 6.61 Å². The molecule has 4 nitrogen and oxygen atoms in total. The third-order valence-electron chi connectivity index (χ3n) is 5.18. The fraction of sp³-hybridized carbons (Fsp3) is 0.611. The summed E-state index contributed by atoms with van der Waals surface area (Å²) in [6.45, 7) is 7.24. The first-order chi connectivity index (χ1) is 10.7. The first kappa shape index (κ1) is 15.5. The monoisotopic (exact) mass is 302 g/mol. The quantitative estimate of drug-likeness (QED) is 0.846. The second kappa shape index (κ2) is 6.80. The van der Waals surface area contributed by atoms with E-state index in [1.54, 1.807) is 0 Å². The van der Waals surface area contributed by atoms with Crippen LogP contribution < -0.4 is 5.32 Å². The predicted octanol–water partition coefficient (Wildman–Crippen LogP) is 2.14. The van der Waals surface area contributed by atoms with E-state index < -0.39 is 0 Å². The van der Waals surface area contributed by atoms with Gasteiger partial charge >= 0.3 is 5.97 Å². The molecule has 0 unspecified atom stereocenters. The molecule has 0 aliphatic carbocycles. The Morgan fingerprint density at radius 3 is 2.82 bits per heavy atom. The maximum atomic E-state index is 11.6. The van der Waals surface area contributed by atoms with Gasteiger partial charge in [0, 0.05) is 12.1 Å². The summed E-state index contributed by atoms with van der Waals surface area (Å²) in [5, 5.41) is 3.29. The Labute approximate surface area is 132 Å². The molecule has 1 aromatic carbocycles. The average molecular weight is 302 g/mol. The average Bonchev–Trinajstić information content (AvgIpc) is 2.91. The highest BCUT2D eigenvalue weighted by Gasteiger charge is 2.24. The van der Waals surface area contributed by atoms with Gasteiger partial charge < -0.3 is 15.0 Å². The zero-order chi connectivity index (χ0) is 15.5. The summed E-state index contributed by atoms with van der Waals surface area (Å²) in [4.78, 5) is 14.2. The molecule has 120 valence electrons. The summed E-state index contributed by atoms with van der Waals surface area (Å²) in [6.07, 6.45) is 3.66. The van der Waals surface area contributed by atoms with Crippen LogP contribution in [-0.2, 0) is 17.8 Å². The topological polar surface area (TPSA) is 41.6 Å². The molecule has 2 heterocycles. The van der Waals surface area contributed by atoms with E-state index in [9.17, 15) is 4.79 Å². The number of piperidine rings is 1. The van der Waals surface area contributed by atoms with Crippen molar-refractivity contribution in [3.8, 4) is 0 Å². The van der Waals surface area contributed by atoms with Crippen molar-refractivity contribution in [2.75, 3.05) is 33.2 Å². The molecule has 0 saturated carbocycles. The Balaban J connectivity index is 1.56. The van der Waals surface area contributed by atoms with Crippen molar-refractivity contribution in [3.05, 3.63) is 34.4 Å². The minimum absolute atomic E-state index is 0.170. The molecule has 4 heteroatoms. The van der Waals surface area contributed by atoms with Gasteiger partial charge in [0.25, 0.3) is 0 Å². The van der Waals surface area contributed by atoms with Crippen molar-refractivity contribution in [3.63, 3.8) is 0 Å². The fourth-order valence-electron chi connectivity index (χ4n) is 3.65. The van der Waals surface area contributed by atoms with Gasteiger partial charge in [0.15, 0.2) is 0 Å². The number of nitrogens with one attached hydrogen (secondary N) is 1. The van der Waals surface area contributed by atoms with Crippen LogP contribution in [0.4, 0.5) is 0 Å².